The molecule has 2 saturated carbocycles. The molecule has 0 spiro atoms. The van der Waals surface area contributed by atoms with E-state index in [2.05, 4.69) is 25.3 Å². The predicted molar refractivity (Wildman–Crippen MR) is 139 cm³/mol. The van der Waals surface area contributed by atoms with Gasteiger partial charge >= 0.3 is 6.03 Å². The smallest absolute Gasteiger partial charge is 0.317 e. The second kappa shape index (κ2) is 10.1. The Morgan fingerprint density at radius 3 is 2.46 bits per heavy atom. The Labute approximate surface area is 217 Å². The summed E-state index contributed by atoms with van der Waals surface area (Å²) in [7, 11) is -3.94. The van der Waals surface area contributed by atoms with Gasteiger partial charge in [-0.25, -0.2) is 27.9 Å². The number of hydrogen-bond donors (Lipinski definition) is 3. The average molecular weight is 519 g/mol. The van der Waals surface area contributed by atoms with Gasteiger partial charge in [0.25, 0.3) is 0 Å². The molecule has 192 valence electrons. The van der Waals surface area contributed by atoms with Crippen molar-refractivity contribution in [1.82, 2.24) is 25.3 Å². The number of carbonyl (C=O) groups is 1. The van der Waals surface area contributed by atoms with Crippen molar-refractivity contribution in [3.05, 3.63) is 77.9 Å². The van der Waals surface area contributed by atoms with Crippen molar-refractivity contribution in [2.45, 2.75) is 67.8 Å². The first-order chi connectivity index (χ1) is 17.8. The van der Waals surface area contributed by atoms with E-state index in [0.29, 0.717) is 18.5 Å². The highest BCUT2D eigenvalue weighted by molar-refractivity contribution is 7.91. The number of benzene rings is 1. The summed E-state index contributed by atoms with van der Waals surface area (Å²) in [6.07, 6.45) is 12.4. The molecule has 5 rings (SSSR count). The molecule has 10 heteroatoms. The minimum atomic E-state index is -3.94. The van der Waals surface area contributed by atoms with E-state index in [-0.39, 0.29) is 18.3 Å². The van der Waals surface area contributed by atoms with Crippen LogP contribution in [0.5, 0.6) is 0 Å². The number of carbonyl (C=O) groups excluding carboxylic acids is 1. The van der Waals surface area contributed by atoms with Gasteiger partial charge in [-0.2, -0.15) is 5.26 Å². The number of nitriles is 1. The lowest BCUT2D eigenvalue weighted by molar-refractivity contribution is 0.196. The van der Waals surface area contributed by atoms with Crippen LogP contribution in [0.2, 0.25) is 0 Å². The molecule has 0 aliphatic heterocycles. The number of nitrogens with one attached hydrogen (secondary N) is 3. The fourth-order valence-electron chi connectivity index (χ4n) is 5.07. The highest BCUT2D eigenvalue weighted by Crippen LogP contribution is 2.37. The summed E-state index contributed by atoms with van der Waals surface area (Å²) in [5, 5.41) is 15.2. The summed E-state index contributed by atoms with van der Waals surface area (Å²) in [5.41, 5.74) is 1.62. The van der Waals surface area contributed by atoms with Gasteiger partial charge in [-0.3, -0.25) is 0 Å². The third kappa shape index (κ3) is 5.29. The summed E-state index contributed by atoms with van der Waals surface area (Å²) in [4.78, 5) is 20.2. The molecule has 2 amide bonds. The Balaban J connectivity index is 1.43. The molecule has 2 aromatic rings. The van der Waals surface area contributed by atoms with Gasteiger partial charge in [0.1, 0.15) is 6.07 Å². The lowest BCUT2D eigenvalue weighted by atomic mass is 9.79. The molecule has 1 unspecified atom stereocenters. The van der Waals surface area contributed by atoms with Crippen LogP contribution in [0.25, 0.3) is 5.57 Å². The first-order valence-corrected chi connectivity index (χ1v) is 14.1. The molecular weight excluding hydrogens is 488 g/mol. The Kier molecular flexibility index (Phi) is 6.84. The van der Waals surface area contributed by atoms with Crippen LogP contribution in [0.4, 0.5) is 4.79 Å². The number of urea groups is 1. The van der Waals surface area contributed by atoms with Gasteiger partial charge in [-0.15, -0.1) is 0 Å². The normalized spacial score (nSPS) is 22.9. The second-order valence-corrected chi connectivity index (χ2v) is 11.9. The standard InChI is InChI=1S/C27H30N6O3S/c28-19-24-29-18-13-23(30-24)26(14-5-2-6-15-26)31-25(34)32-27(37(35,36)33-22-9-10-22)16-11-21(12-17-27)20-7-3-1-4-8-20/h1,3-4,7-8,11-13,16,18,22,33H,2,5-6,9-10,14-15,17H2,(H2,31,32,34). The number of allylic oxidation sites excluding steroid dienone is 2. The van der Waals surface area contributed by atoms with Gasteiger partial charge in [0.05, 0.1) is 11.2 Å². The van der Waals surface area contributed by atoms with Crippen LogP contribution in [-0.4, -0.2) is 35.3 Å². The van der Waals surface area contributed by atoms with Crippen molar-refractivity contribution in [1.29, 1.82) is 5.26 Å². The molecule has 2 fully saturated rings. The third-order valence-electron chi connectivity index (χ3n) is 7.27. The van der Waals surface area contributed by atoms with Crippen molar-refractivity contribution in [3.63, 3.8) is 0 Å². The molecule has 9 nitrogen and oxygen atoms in total. The third-order valence-corrected chi connectivity index (χ3v) is 9.28. The lowest BCUT2D eigenvalue weighted by Crippen LogP contribution is -2.62. The van der Waals surface area contributed by atoms with Crippen molar-refractivity contribution < 1.29 is 13.2 Å². The van der Waals surface area contributed by atoms with Crippen LogP contribution in [0.3, 0.4) is 0 Å². The monoisotopic (exact) mass is 518 g/mol. The van der Waals surface area contributed by atoms with Gasteiger partial charge in [-0.05, 0) is 49.0 Å². The number of sulfonamides is 1. The second-order valence-electron chi connectivity index (χ2n) is 9.95. The molecule has 1 heterocycles. The molecule has 1 aromatic carbocycles. The number of amides is 2. The van der Waals surface area contributed by atoms with Crippen LogP contribution in [-0.2, 0) is 15.6 Å². The zero-order valence-electron chi connectivity index (χ0n) is 20.5. The van der Waals surface area contributed by atoms with E-state index >= 15 is 0 Å². The zero-order valence-corrected chi connectivity index (χ0v) is 21.3. The fraction of sp³-hybridized carbons (Fsp3) is 0.407. The SMILES string of the molecule is N#Cc1nccc(C2(NC(=O)NC3(S(=O)(=O)NC4CC4)C=CC(c4ccccc4)=CC3)CCCCC2)n1. The molecular formula is C27H30N6O3S. The Hall–Kier alpha value is -3.55. The van der Waals surface area contributed by atoms with Crippen LogP contribution in [0, 0.1) is 11.3 Å². The van der Waals surface area contributed by atoms with Gasteiger partial charge in [-0.1, -0.05) is 61.7 Å². The molecule has 0 saturated heterocycles. The van der Waals surface area contributed by atoms with Crippen molar-refractivity contribution in [3.8, 4) is 6.07 Å². The number of aromatic nitrogens is 2. The van der Waals surface area contributed by atoms with E-state index in [9.17, 15) is 18.5 Å². The Bertz CT molecular complexity index is 1370. The molecule has 3 aliphatic rings. The van der Waals surface area contributed by atoms with Crippen molar-refractivity contribution >= 4 is 21.6 Å². The number of nitrogens with zero attached hydrogens (tertiary/aromatic N) is 3. The van der Waals surface area contributed by atoms with E-state index in [0.717, 1.165) is 43.2 Å². The van der Waals surface area contributed by atoms with E-state index in [4.69, 9.17) is 0 Å². The maximum atomic E-state index is 13.6. The molecule has 1 atom stereocenters. The zero-order chi connectivity index (χ0) is 25.9. The first-order valence-electron chi connectivity index (χ1n) is 12.7. The average Bonchev–Trinajstić information content (AvgIpc) is 3.73. The molecule has 3 N–H and O–H groups in total. The van der Waals surface area contributed by atoms with E-state index in [1.54, 1.807) is 18.2 Å². The highest BCUT2D eigenvalue weighted by Gasteiger charge is 2.47. The predicted octanol–water partition coefficient (Wildman–Crippen LogP) is 3.63. The first kappa shape index (κ1) is 25.1. The largest absolute Gasteiger partial charge is 0.327 e. The summed E-state index contributed by atoms with van der Waals surface area (Å²) in [6.45, 7) is 0. The van der Waals surface area contributed by atoms with Gasteiger partial charge < -0.3 is 10.6 Å². The minimum absolute atomic E-state index is 0.0335. The van der Waals surface area contributed by atoms with E-state index < -0.39 is 26.5 Å². The highest BCUT2D eigenvalue weighted by atomic mass is 32.2. The molecule has 0 radical (unpaired) electrons. The summed E-state index contributed by atoms with van der Waals surface area (Å²) >= 11 is 0. The van der Waals surface area contributed by atoms with Crippen LogP contribution in [0.15, 0.2) is 60.8 Å². The molecule has 3 aliphatic carbocycles. The van der Waals surface area contributed by atoms with Gasteiger partial charge in [0.15, 0.2) is 4.87 Å². The topological polar surface area (TPSA) is 137 Å². The summed E-state index contributed by atoms with van der Waals surface area (Å²) in [5.74, 6) is 0.0335. The molecule has 0 bridgehead atoms. The van der Waals surface area contributed by atoms with Gasteiger partial charge in [0.2, 0.25) is 15.8 Å². The quantitative estimate of drug-likeness (QED) is 0.512. The Morgan fingerprint density at radius 1 is 1.05 bits per heavy atom. The lowest BCUT2D eigenvalue weighted by Gasteiger charge is -2.39. The van der Waals surface area contributed by atoms with Crippen molar-refractivity contribution in [2.24, 2.45) is 0 Å². The van der Waals surface area contributed by atoms with Crippen LogP contribution < -0.4 is 15.4 Å². The van der Waals surface area contributed by atoms with E-state index in [1.807, 2.05) is 42.5 Å². The fourth-order valence-corrected chi connectivity index (χ4v) is 6.73. The maximum Gasteiger partial charge on any atom is 0.317 e. The summed E-state index contributed by atoms with van der Waals surface area (Å²) < 4.78 is 29.9. The molecule has 1 aromatic heterocycles. The van der Waals surface area contributed by atoms with Crippen LogP contribution >= 0.6 is 0 Å². The minimum Gasteiger partial charge on any atom is -0.327 e. The number of hydrogen-bond acceptors (Lipinski definition) is 6. The number of rotatable bonds is 7. The Morgan fingerprint density at radius 2 is 1.81 bits per heavy atom. The van der Waals surface area contributed by atoms with E-state index in [1.165, 1.54) is 6.20 Å². The van der Waals surface area contributed by atoms with Crippen molar-refractivity contribution in [2.75, 3.05) is 0 Å². The van der Waals surface area contributed by atoms with Gasteiger partial charge in [0, 0.05) is 18.7 Å². The summed E-state index contributed by atoms with van der Waals surface area (Å²) in [6, 6.07) is 12.7. The van der Waals surface area contributed by atoms with Crippen LogP contribution in [0.1, 0.15) is 68.4 Å². The maximum absolute atomic E-state index is 13.6. The molecule has 37 heavy (non-hydrogen) atoms.